The number of rotatable bonds is 23. The molecule has 2 heterocycles. The Labute approximate surface area is 407 Å². The number of benzene rings is 4. The summed E-state index contributed by atoms with van der Waals surface area (Å²) >= 11 is 0. The minimum absolute atomic E-state index is 0.0438. The van der Waals surface area contributed by atoms with Crippen LogP contribution in [0.15, 0.2) is 104 Å². The molecule has 2 aliphatic rings. The van der Waals surface area contributed by atoms with Crippen LogP contribution in [0.5, 0.6) is 0 Å². The summed E-state index contributed by atoms with van der Waals surface area (Å²) in [7, 11) is -18.6. The molecule has 0 fully saturated rings. The van der Waals surface area contributed by atoms with Crippen molar-refractivity contribution in [2.24, 2.45) is 0 Å². The number of methoxy groups -OCH3 is 1. The van der Waals surface area contributed by atoms with Crippen LogP contribution in [-0.2, 0) is 70.3 Å². The van der Waals surface area contributed by atoms with E-state index in [9.17, 15) is 61.8 Å². The van der Waals surface area contributed by atoms with Crippen molar-refractivity contribution < 1.29 is 80.6 Å². The maximum Gasteiger partial charge on any atom is 0.303 e. The van der Waals surface area contributed by atoms with Crippen LogP contribution in [0, 0.1) is 0 Å². The predicted octanol–water partition coefficient (Wildman–Crippen LogP) is 6.52. The highest BCUT2D eigenvalue weighted by Gasteiger charge is 2.47. The lowest BCUT2D eigenvalue weighted by Gasteiger charge is -2.31. The highest BCUT2D eigenvalue weighted by molar-refractivity contribution is 7.87. The summed E-state index contributed by atoms with van der Waals surface area (Å²) in [6.07, 6.45) is 10.6. The van der Waals surface area contributed by atoms with E-state index in [-0.39, 0.29) is 54.2 Å². The summed E-state index contributed by atoms with van der Waals surface area (Å²) in [6, 6.07) is 9.85. The first-order valence-electron chi connectivity index (χ1n) is 22.1. The molecule has 0 radical (unpaired) electrons. The van der Waals surface area contributed by atoms with E-state index in [0.29, 0.717) is 85.9 Å². The quantitative estimate of drug-likeness (QED) is 0.0266. The highest BCUT2D eigenvalue weighted by Crippen LogP contribution is 2.54. The van der Waals surface area contributed by atoms with E-state index >= 15 is 0 Å². The number of allylic oxidation sites excluding steroid dienone is 6. The Kier molecular flexibility index (Phi) is 16.4. The number of fused-ring (bicyclic) bond motifs is 6. The third-order valence-corrected chi connectivity index (χ3v) is 16.1. The van der Waals surface area contributed by atoms with Crippen LogP contribution in [0.25, 0.3) is 21.5 Å². The van der Waals surface area contributed by atoms with Gasteiger partial charge in [0.15, 0.2) is 5.71 Å². The van der Waals surface area contributed by atoms with E-state index in [4.69, 9.17) is 14.2 Å². The van der Waals surface area contributed by atoms with Crippen molar-refractivity contribution in [2.45, 2.75) is 90.2 Å². The van der Waals surface area contributed by atoms with Gasteiger partial charge in [0, 0.05) is 66.6 Å². The first kappa shape index (κ1) is 54.4. The molecular weight excluding hydrogens is 993 g/mol. The molecule has 0 spiro atoms. The molecule has 0 amide bonds. The molecule has 0 saturated carbocycles. The molecule has 4 aromatic carbocycles. The van der Waals surface area contributed by atoms with Crippen LogP contribution in [0.3, 0.4) is 0 Å². The van der Waals surface area contributed by atoms with Crippen molar-refractivity contribution in [1.29, 1.82) is 0 Å². The van der Waals surface area contributed by atoms with Gasteiger partial charge >= 0.3 is 5.97 Å². The van der Waals surface area contributed by atoms with Crippen molar-refractivity contribution >= 4 is 85.1 Å². The number of aliphatic carboxylic acids is 1. The largest absolute Gasteiger partial charge is 0.744 e. The lowest BCUT2D eigenvalue weighted by atomic mass is 9.76. The van der Waals surface area contributed by atoms with Gasteiger partial charge in [-0.25, -0.2) is 8.42 Å². The number of unbranched alkanes of at least 4 members (excludes halogenated alkanes) is 2. The van der Waals surface area contributed by atoms with Gasteiger partial charge in [-0.1, -0.05) is 30.7 Å². The predicted molar refractivity (Wildman–Crippen MR) is 259 cm³/mol. The van der Waals surface area contributed by atoms with Gasteiger partial charge in [0.2, 0.25) is 5.69 Å². The molecule has 1 unspecified atom stereocenters. The van der Waals surface area contributed by atoms with Gasteiger partial charge in [0.25, 0.3) is 30.4 Å². The second-order valence-corrected chi connectivity index (χ2v) is 23.1. The number of carboxylic acid groups (broad SMARTS) is 1. The van der Waals surface area contributed by atoms with Crippen molar-refractivity contribution in [2.75, 3.05) is 58.1 Å². The number of ether oxygens (including phenoxy) is 3. The molecule has 0 aromatic heterocycles. The van der Waals surface area contributed by atoms with E-state index in [0.717, 1.165) is 11.8 Å². The van der Waals surface area contributed by atoms with Crippen LogP contribution in [-0.4, -0.2) is 126 Å². The zero-order chi connectivity index (χ0) is 51.6. The van der Waals surface area contributed by atoms with E-state index in [1.807, 2.05) is 49.3 Å². The van der Waals surface area contributed by atoms with E-state index < -0.39 is 76.9 Å². The molecular formula is C47H56N2O17S4. The van der Waals surface area contributed by atoms with Gasteiger partial charge in [-0.2, -0.15) is 29.8 Å². The summed E-state index contributed by atoms with van der Waals surface area (Å²) < 4.78 is 162. The zero-order valence-electron chi connectivity index (χ0n) is 39.1. The Bertz CT molecular complexity index is 3310. The van der Waals surface area contributed by atoms with Gasteiger partial charge in [-0.3, -0.25) is 18.5 Å². The van der Waals surface area contributed by atoms with Crippen LogP contribution in [0.4, 0.5) is 11.4 Å². The second-order valence-electron chi connectivity index (χ2n) is 17.5. The van der Waals surface area contributed by atoms with Gasteiger partial charge in [0.1, 0.15) is 21.6 Å². The van der Waals surface area contributed by atoms with Crippen LogP contribution in [0.1, 0.15) is 70.9 Å². The zero-order valence-corrected chi connectivity index (χ0v) is 42.4. The maximum absolute atomic E-state index is 12.7. The number of hydrogen-bond donors (Lipinski definition) is 4. The number of carbonyl (C=O) groups is 1. The van der Waals surface area contributed by atoms with Gasteiger partial charge in [-0.05, 0) is 111 Å². The Hall–Kier alpha value is -4.92. The molecule has 0 bridgehead atoms. The number of anilines is 1. The highest BCUT2D eigenvalue weighted by atomic mass is 32.2. The van der Waals surface area contributed by atoms with E-state index in [2.05, 4.69) is 0 Å². The summed E-state index contributed by atoms with van der Waals surface area (Å²) in [4.78, 5) is 10.3. The molecule has 0 aliphatic carbocycles. The third-order valence-electron chi connectivity index (χ3n) is 12.7. The molecule has 4 N–H and O–H groups in total. The normalized spacial score (nSPS) is 18.1. The first-order chi connectivity index (χ1) is 32.7. The average Bonchev–Trinajstić information content (AvgIpc) is 3.64. The molecule has 2 aliphatic heterocycles. The average molecular weight is 1050 g/mol. The molecule has 19 nitrogen and oxygen atoms in total. The Morgan fingerprint density at radius 1 is 0.714 bits per heavy atom. The van der Waals surface area contributed by atoms with Crippen LogP contribution >= 0.6 is 0 Å². The molecule has 6 rings (SSSR count). The number of hydrogen-bond acceptors (Lipinski definition) is 14. The maximum atomic E-state index is 12.7. The monoisotopic (exact) mass is 1050 g/mol. The molecule has 1 atom stereocenters. The topological polar surface area (TPSA) is 292 Å². The van der Waals surface area contributed by atoms with Gasteiger partial charge in [-0.15, -0.1) is 0 Å². The van der Waals surface area contributed by atoms with Crippen molar-refractivity contribution in [3.05, 3.63) is 95.7 Å². The number of nitrogens with zero attached hydrogens (tertiary/aromatic N) is 2. The Morgan fingerprint density at radius 3 is 1.89 bits per heavy atom. The summed E-state index contributed by atoms with van der Waals surface area (Å²) in [6.45, 7) is 9.59. The van der Waals surface area contributed by atoms with Gasteiger partial charge < -0.3 is 28.8 Å². The second kappa shape index (κ2) is 21.0. The third kappa shape index (κ3) is 11.4. The summed E-state index contributed by atoms with van der Waals surface area (Å²) in [5, 5.41) is 9.56. The molecule has 380 valence electrons. The first-order valence-corrected chi connectivity index (χ1v) is 27.9. The van der Waals surface area contributed by atoms with Crippen LogP contribution in [0.2, 0.25) is 0 Å². The lowest BCUT2D eigenvalue weighted by molar-refractivity contribution is -0.433. The molecule has 0 saturated heterocycles. The van der Waals surface area contributed by atoms with E-state index in [1.54, 1.807) is 37.5 Å². The smallest absolute Gasteiger partial charge is 0.303 e. The van der Waals surface area contributed by atoms with Gasteiger partial charge in [0.05, 0.1) is 46.5 Å². The van der Waals surface area contributed by atoms with Crippen molar-refractivity contribution in [3.63, 3.8) is 0 Å². The Morgan fingerprint density at radius 2 is 1.30 bits per heavy atom. The summed E-state index contributed by atoms with van der Waals surface area (Å²) in [5.74, 6) is -0.941. The summed E-state index contributed by atoms with van der Waals surface area (Å²) in [5.41, 5.74) is 1.60. The number of carboxylic acids is 1. The Balaban J connectivity index is 1.47. The standard InChI is InChI=1S/C47H56N2O17S4/c1-6-48-37-18-16-33-35(27-31(67(52,53)54)29-39(33)69(58,59)60)44(37)46(2,3)41(48)13-9-7-10-14-42-47(4,20-22-65-25-26-66-24-23-64-5)45-36-28-32(68(55,56)57)30-40(70(61,62)63)34(36)17-19-38(45)49(42)21-12-8-11-15-43(50)51/h7,9-10,13-14,16-19,27-30H,6,8,11-12,15,20-26H2,1-5H3,(H4-,50,51,52,53,54,55,56,57,58,59,60,61,62,63). The minimum atomic E-state index is -5.28. The van der Waals surface area contributed by atoms with E-state index in [1.165, 1.54) is 18.2 Å². The van der Waals surface area contributed by atoms with Crippen molar-refractivity contribution in [1.82, 2.24) is 0 Å². The fourth-order valence-electron chi connectivity index (χ4n) is 9.51. The SMILES string of the molecule is CC[N+]1=C(/C=C/C=C/C=C2/N(CCCCCC(=O)O)c3ccc4c(S(=O)(=O)[O-])cc(S(=O)(=O)O)cc4c3C2(C)CCOCCOCCOC)C(C)(C)c2c1ccc1c(S(=O)(=O)O)cc(S(=O)(=O)O)cc21. The van der Waals surface area contributed by atoms with Crippen molar-refractivity contribution in [3.8, 4) is 0 Å². The molecule has 4 aromatic rings. The van der Waals surface area contributed by atoms with Crippen LogP contribution < -0.4 is 4.90 Å². The fourth-order valence-corrected chi connectivity index (χ4v) is 12.2. The fraction of sp³-hybridized carbons (Fsp3) is 0.404. The minimum Gasteiger partial charge on any atom is -0.744 e. The molecule has 70 heavy (non-hydrogen) atoms. The molecule has 23 heteroatoms. The lowest BCUT2D eigenvalue weighted by Crippen LogP contribution is -2.30.